The van der Waals surface area contributed by atoms with E-state index in [0.717, 1.165) is 12.8 Å². The number of hydrogen-bond acceptors (Lipinski definition) is 3. The van der Waals surface area contributed by atoms with E-state index in [1.165, 1.54) is 32.8 Å². The Morgan fingerprint density at radius 1 is 1.40 bits per heavy atom. The summed E-state index contributed by atoms with van der Waals surface area (Å²) in [6, 6.07) is 0.323. The van der Waals surface area contributed by atoms with Crippen molar-refractivity contribution < 1.29 is 9.53 Å². The molecule has 0 aromatic rings. The first-order chi connectivity index (χ1) is 7.27. The molecule has 3 N–H and O–H groups in total. The van der Waals surface area contributed by atoms with Gasteiger partial charge in [-0.15, -0.1) is 0 Å². The summed E-state index contributed by atoms with van der Waals surface area (Å²) in [5, 5.41) is 3.02. The summed E-state index contributed by atoms with van der Waals surface area (Å²) >= 11 is 0. The number of amides is 1. The van der Waals surface area contributed by atoms with Crippen LogP contribution in [0.25, 0.3) is 0 Å². The minimum Gasteiger partial charge on any atom is -0.370 e. The lowest BCUT2D eigenvalue weighted by atomic mass is 10.1. The molecule has 1 rings (SSSR count). The number of ether oxygens (including phenoxy) is 1. The largest absolute Gasteiger partial charge is 0.370 e. The molecular weight excluding hydrogens is 192 g/mol. The number of hydrogen-bond donors (Lipinski definition) is 2. The molecule has 4 heteroatoms. The standard InChI is InChI=1S/C11H22N2O2/c1-15-10(8-12)11(14)13-9-6-4-2-3-5-7-9/h9-10H,2-8,12H2,1H3,(H,13,14). The summed E-state index contributed by atoms with van der Waals surface area (Å²) in [4.78, 5) is 11.7. The molecule has 1 aliphatic carbocycles. The molecule has 1 unspecified atom stereocenters. The summed E-state index contributed by atoms with van der Waals surface area (Å²) in [5.41, 5.74) is 5.43. The molecule has 15 heavy (non-hydrogen) atoms. The smallest absolute Gasteiger partial charge is 0.250 e. The van der Waals surface area contributed by atoms with Crippen LogP contribution in [0.4, 0.5) is 0 Å². The van der Waals surface area contributed by atoms with Gasteiger partial charge in [-0.2, -0.15) is 0 Å². The molecule has 0 saturated heterocycles. The van der Waals surface area contributed by atoms with E-state index < -0.39 is 6.10 Å². The maximum absolute atomic E-state index is 11.7. The zero-order chi connectivity index (χ0) is 11.1. The predicted octanol–water partition coefficient (Wildman–Crippen LogP) is 0.799. The lowest BCUT2D eigenvalue weighted by Crippen LogP contribution is -2.45. The van der Waals surface area contributed by atoms with Crippen LogP contribution in [-0.2, 0) is 9.53 Å². The molecule has 0 aromatic carbocycles. The third kappa shape index (κ3) is 4.18. The second-order valence-corrected chi connectivity index (χ2v) is 4.16. The second kappa shape index (κ2) is 6.80. The average Bonchev–Trinajstić information content (AvgIpc) is 2.48. The van der Waals surface area contributed by atoms with Gasteiger partial charge in [-0.05, 0) is 12.8 Å². The van der Waals surface area contributed by atoms with Gasteiger partial charge in [-0.3, -0.25) is 4.79 Å². The summed E-state index contributed by atoms with van der Waals surface area (Å²) in [6.07, 6.45) is 6.69. The molecule has 1 saturated carbocycles. The van der Waals surface area contributed by atoms with Crippen molar-refractivity contribution in [1.29, 1.82) is 0 Å². The van der Waals surface area contributed by atoms with Crippen LogP contribution in [0.5, 0.6) is 0 Å². The molecule has 0 radical (unpaired) electrons. The topological polar surface area (TPSA) is 64.3 Å². The van der Waals surface area contributed by atoms with Gasteiger partial charge in [0.05, 0.1) is 0 Å². The van der Waals surface area contributed by atoms with E-state index in [9.17, 15) is 4.79 Å². The summed E-state index contributed by atoms with van der Waals surface area (Å²) in [6.45, 7) is 0.245. The number of methoxy groups -OCH3 is 1. The minimum absolute atomic E-state index is 0.0631. The van der Waals surface area contributed by atoms with Gasteiger partial charge < -0.3 is 15.8 Å². The highest BCUT2D eigenvalue weighted by molar-refractivity contribution is 5.81. The van der Waals surface area contributed by atoms with E-state index in [1.807, 2.05) is 0 Å². The predicted molar refractivity (Wildman–Crippen MR) is 59.5 cm³/mol. The van der Waals surface area contributed by atoms with Crippen LogP contribution in [0.3, 0.4) is 0 Å². The molecule has 4 nitrogen and oxygen atoms in total. The second-order valence-electron chi connectivity index (χ2n) is 4.16. The molecule has 1 amide bonds. The molecule has 1 aliphatic rings. The minimum atomic E-state index is -0.492. The van der Waals surface area contributed by atoms with Crippen LogP contribution in [0.2, 0.25) is 0 Å². The maximum Gasteiger partial charge on any atom is 0.250 e. The van der Waals surface area contributed by atoms with E-state index in [1.54, 1.807) is 0 Å². The first-order valence-corrected chi connectivity index (χ1v) is 5.81. The van der Waals surface area contributed by atoms with Gasteiger partial charge in [0.15, 0.2) is 0 Å². The van der Waals surface area contributed by atoms with Crippen LogP contribution in [-0.4, -0.2) is 31.7 Å². The van der Waals surface area contributed by atoms with Crippen LogP contribution >= 0.6 is 0 Å². The zero-order valence-electron chi connectivity index (χ0n) is 9.50. The van der Waals surface area contributed by atoms with Crippen molar-refractivity contribution in [2.75, 3.05) is 13.7 Å². The zero-order valence-corrected chi connectivity index (χ0v) is 9.50. The van der Waals surface area contributed by atoms with Crippen molar-refractivity contribution in [2.24, 2.45) is 5.73 Å². The third-order valence-corrected chi connectivity index (χ3v) is 2.99. The van der Waals surface area contributed by atoms with Gasteiger partial charge in [-0.25, -0.2) is 0 Å². The summed E-state index contributed by atoms with van der Waals surface area (Å²) in [7, 11) is 1.52. The van der Waals surface area contributed by atoms with Crippen LogP contribution in [0.15, 0.2) is 0 Å². The highest BCUT2D eigenvalue weighted by atomic mass is 16.5. The van der Waals surface area contributed by atoms with Crippen molar-refractivity contribution in [3.05, 3.63) is 0 Å². The number of carbonyl (C=O) groups excluding carboxylic acids is 1. The Morgan fingerprint density at radius 3 is 2.47 bits per heavy atom. The number of rotatable bonds is 4. The lowest BCUT2D eigenvalue weighted by molar-refractivity contribution is -0.131. The molecule has 1 fully saturated rings. The van der Waals surface area contributed by atoms with Crippen molar-refractivity contribution in [1.82, 2.24) is 5.32 Å². The van der Waals surface area contributed by atoms with Gasteiger partial charge in [0.25, 0.3) is 5.91 Å². The van der Waals surface area contributed by atoms with Crippen molar-refractivity contribution in [3.63, 3.8) is 0 Å². The summed E-state index contributed by atoms with van der Waals surface area (Å²) < 4.78 is 5.00. The summed E-state index contributed by atoms with van der Waals surface area (Å²) in [5.74, 6) is -0.0631. The van der Waals surface area contributed by atoms with Crippen LogP contribution < -0.4 is 11.1 Å². The quantitative estimate of drug-likeness (QED) is 0.680. The molecule has 0 bridgehead atoms. The Bertz CT molecular complexity index is 185. The lowest BCUT2D eigenvalue weighted by Gasteiger charge is -2.19. The highest BCUT2D eigenvalue weighted by Gasteiger charge is 2.20. The van der Waals surface area contributed by atoms with E-state index >= 15 is 0 Å². The van der Waals surface area contributed by atoms with Crippen molar-refractivity contribution in [2.45, 2.75) is 50.7 Å². The number of nitrogens with one attached hydrogen (secondary N) is 1. The van der Waals surface area contributed by atoms with E-state index in [-0.39, 0.29) is 12.5 Å². The van der Waals surface area contributed by atoms with Gasteiger partial charge in [0.2, 0.25) is 0 Å². The monoisotopic (exact) mass is 214 g/mol. The van der Waals surface area contributed by atoms with Crippen LogP contribution in [0.1, 0.15) is 38.5 Å². The molecule has 88 valence electrons. The number of carbonyl (C=O) groups is 1. The fourth-order valence-corrected chi connectivity index (χ4v) is 2.03. The third-order valence-electron chi connectivity index (χ3n) is 2.99. The Balaban J connectivity index is 2.34. The molecule has 1 atom stereocenters. The van der Waals surface area contributed by atoms with Gasteiger partial charge >= 0.3 is 0 Å². The van der Waals surface area contributed by atoms with E-state index in [2.05, 4.69) is 5.32 Å². The molecule has 0 heterocycles. The fourth-order valence-electron chi connectivity index (χ4n) is 2.03. The normalized spacial score (nSPS) is 20.7. The first-order valence-electron chi connectivity index (χ1n) is 5.81. The fraction of sp³-hybridized carbons (Fsp3) is 0.909. The molecule has 0 aliphatic heterocycles. The Morgan fingerprint density at radius 2 is 2.00 bits per heavy atom. The Hall–Kier alpha value is -0.610. The molecular formula is C11H22N2O2. The van der Waals surface area contributed by atoms with E-state index in [0.29, 0.717) is 6.04 Å². The Labute approximate surface area is 91.5 Å². The average molecular weight is 214 g/mol. The van der Waals surface area contributed by atoms with E-state index in [4.69, 9.17) is 10.5 Å². The first kappa shape index (κ1) is 12.5. The van der Waals surface area contributed by atoms with Crippen molar-refractivity contribution in [3.8, 4) is 0 Å². The molecule has 0 spiro atoms. The van der Waals surface area contributed by atoms with Gasteiger partial charge in [-0.1, -0.05) is 25.7 Å². The highest BCUT2D eigenvalue weighted by Crippen LogP contribution is 2.17. The maximum atomic E-state index is 11.7. The Kier molecular flexibility index (Phi) is 5.65. The van der Waals surface area contributed by atoms with Gasteiger partial charge in [0.1, 0.15) is 6.10 Å². The number of nitrogens with two attached hydrogens (primary N) is 1. The SMILES string of the molecule is COC(CN)C(=O)NC1CCCCCC1. The molecule has 0 aromatic heterocycles. The van der Waals surface area contributed by atoms with Crippen molar-refractivity contribution >= 4 is 5.91 Å². The van der Waals surface area contributed by atoms with Gasteiger partial charge in [0, 0.05) is 19.7 Å². The van der Waals surface area contributed by atoms with Crippen LogP contribution in [0, 0.1) is 0 Å².